The second kappa shape index (κ2) is 5.46. The molecule has 1 atom stereocenters. The van der Waals surface area contributed by atoms with Crippen molar-refractivity contribution in [3.63, 3.8) is 0 Å². The Balaban J connectivity index is 2.07. The van der Waals surface area contributed by atoms with Crippen molar-refractivity contribution in [3.8, 4) is 0 Å². The fourth-order valence-electron chi connectivity index (χ4n) is 2.48. The van der Waals surface area contributed by atoms with Gasteiger partial charge in [-0.2, -0.15) is 5.10 Å². The average molecular weight is 309 g/mol. The maximum Gasteiger partial charge on any atom is 0.125 e. The summed E-state index contributed by atoms with van der Waals surface area (Å²) in [7, 11) is 0. The summed E-state index contributed by atoms with van der Waals surface area (Å²) in [5, 5.41) is 4.89. The number of hydrogen-bond donors (Lipinski definition) is 0. The lowest BCUT2D eigenvalue weighted by Gasteiger charge is -2.17. The van der Waals surface area contributed by atoms with Crippen LogP contribution in [0.25, 0.3) is 11.0 Å². The van der Waals surface area contributed by atoms with E-state index in [2.05, 4.69) is 21.6 Å². The zero-order chi connectivity index (χ0) is 14.1. The van der Waals surface area contributed by atoms with Gasteiger partial charge < -0.3 is 4.57 Å². The minimum atomic E-state index is 0.187. The van der Waals surface area contributed by atoms with Crippen LogP contribution >= 0.6 is 23.2 Å². The standard InChI is InChI=1S/C14H14Cl2N4/c1-10(9-19-7-3-6-17-19)20-12-5-2-4-11(16)14(12)18-13(20)8-15/h2-7,10H,8-9H2,1H3. The van der Waals surface area contributed by atoms with E-state index < -0.39 is 0 Å². The lowest BCUT2D eigenvalue weighted by Crippen LogP contribution is -2.15. The number of halogens is 2. The summed E-state index contributed by atoms with van der Waals surface area (Å²) in [6.07, 6.45) is 3.72. The van der Waals surface area contributed by atoms with Crippen LogP contribution in [0.1, 0.15) is 18.8 Å². The van der Waals surface area contributed by atoms with Gasteiger partial charge in [0.25, 0.3) is 0 Å². The maximum atomic E-state index is 6.21. The summed E-state index contributed by atoms with van der Waals surface area (Å²) < 4.78 is 4.04. The molecule has 20 heavy (non-hydrogen) atoms. The van der Waals surface area contributed by atoms with Gasteiger partial charge in [0.15, 0.2) is 0 Å². The van der Waals surface area contributed by atoms with Crippen LogP contribution in [-0.2, 0) is 12.4 Å². The van der Waals surface area contributed by atoms with E-state index in [4.69, 9.17) is 23.2 Å². The number of para-hydroxylation sites is 1. The monoisotopic (exact) mass is 308 g/mol. The maximum absolute atomic E-state index is 6.21. The fraction of sp³-hybridized carbons (Fsp3) is 0.286. The second-order valence-electron chi connectivity index (χ2n) is 4.72. The average Bonchev–Trinajstić information content (AvgIpc) is 3.05. The fourth-order valence-corrected chi connectivity index (χ4v) is 2.88. The quantitative estimate of drug-likeness (QED) is 0.686. The molecule has 0 fully saturated rings. The van der Waals surface area contributed by atoms with Crippen molar-refractivity contribution in [2.45, 2.75) is 25.4 Å². The van der Waals surface area contributed by atoms with Gasteiger partial charge in [-0.25, -0.2) is 4.98 Å². The predicted molar refractivity (Wildman–Crippen MR) is 81.2 cm³/mol. The molecule has 1 unspecified atom stereocenters. The minimum Gasteiger partial charge on any atom is -0.322 e. The molecule has 1 aromatic carbocycles. The number of benzene rings is 1. The molecule has 0 saturated carbocycles. The molecule has 0 saturated heterocycles. The van der Waals surface area contributed by atoms with Gasteiger partial charge in [0.1, 0.15) is 11.3 Å². The van der Waals surface area contributed by atoms with Crippen LogP contribution in [-0.4, -0.2) is 19.3 Å². The van der Waals surface area contributed by atoms with Gasteiger partial charge in [-0.1, -0.05) is 17.7 Å². The molecule has 104 valence electrons. The number of nitrogens with zero attached hydrogens (tertiary/aromatic N) is 4. The van der Waals surface area contributed by atoms with Crippen molar-refractivity contribution in [2.24, 2.45) is 0 Å². The first kappa shape index (κ1) is 13.5. The number of fused-ring (bicyclic) bond motifs is 1. The number of hydrogen-bond acceptors (Lipinski definition) is 2. The van der Waals surface area contributed by atoms with Crippen LogP contribution in [0.5, 0.6) is 0 Å². The number of rotatable bonds is 4. The lowest BCUT2D eigenvalue weighted by molar-refractivity contribution is 0.438. The Hall–Kier alpha value is -1.52. The third-order valence-corrected chi connectivity index (χ3v) is 3.86. The van der Waals surface area contributed by atoms with Crippen molar-refractivity contribution < 1.29 is 0 Å². The SMILES string of the molecule is CC(Cn1cccn1)n1c(CCl)nc2c(Cl)cccc21. The molecule has 0 amide bonds. The summed E-state index contributed by atoms with van der Waals surface area (Å²) in [5.74, 6) is 1.18. The topological polar surface area (TPSA) is 35.6 Å². The van der Waals surface area contributed by atoms with Crippen LogP contribution in [0.2, 0.25) is 5.02 Å². The van der Waals surface area contributed by atoms with Gasteiger partial charge in [-0.05, 0) is 25.1 Å². The van der Waals surface area contributed by atoms with E-state index in [1.807, 2.05) is 35.1 Å². The molecular formula is C14H14Cl2N4. The Morgan fingerprint density at radius 2 is 2.15 bits per heavy atom. The van der Waals surface area contributed by atoms with E-state index in [0.717, 1.165) is 23.4 Å². The highest BCUT2D eigenvalue weighted by Gasteiger charge is 2.17. The van der Waals surface area contributed by atoms with Crippen LogP contribution in [0.15, 0.2) is 36.7 Å². The van der Waals surface area contributed by atoms with Gasteiger partial charge in [0.2, 0.25) is 0 Å². The highest BCUT2D eigenvalue weighted by molar-refractivity contribution is 6.35. The molecule has 3 rings (SSSR count). The van der Waals surface area contributed by atoms with E-state index in [1.165, 1.54) is 0 Å². The first-order valence-corrected chi connectivity index (χ1v) is 7.30. The zero-order valence-electron chi connectivity index (χ0n) is 11.0. The van der Waals surface area contributed by atoms with Gasteiger partial charge in [-0.15, -0.1) is 11.6 Å². The van der Waals surface area contributed by atoms with Crippen molar-refractivity contribution in [2.75, 3.05) is 0 Å². The van der Waals surface area contributed by atoms with Crippen LogP contribution < -0.4 is 0 Å². The second-order valence-corrected chi connectivity index (χ2v) is 5.39. The zero-order valence-corrected chi connectivity index (χ0v) is 12.5. The molecule has 0 aliphatic rings. The van der Waals surface area contributed by atoms with E-state index in [1.54, 1.807) is 6.20 Å². The third-order valence-electron chi connectivity index (χ3n) is 3.31. The van der Waals surface area contributed by atoms with Crippen molar-refractivity contribution >= 4 is 34.2 Å². The predicted octanol–water partition coefficient (Wildman–Crippen LogP) is 3.89. The van der Waals surface area contributed by atoms with Gasteiger partial charge in [0.05, 0.1) is 29.0 Å². The summed E-state index contributed by atoms with van der Waals surface area (Å²) >= 11 is 12.2. The van der Waals surface area contributed by atoms with Crippen molar-refractivity contribution in [1.29, 1.82) is 0 Å². The summed E-state index contributed by atoms with van der Waals surface area (Å²) in [4.78, 5) is 4.55. The molecule has 3 aromatic rings. The number of imidazole rings is 1. The lowest BCUT2D eigenvalue weighted by atomic mass is 10.2. The smallest absolute Gasteiger partial charge is 0.125 e. The van der Waals surface area contributed by atoms with Gasteiger partial charge in [-0.3, -0.25) is 4.68 Å². The van der Waals surface area contributed by atoms with Gasteiger partial charge >= 0.3 is 0 Å². The summed E-state index contributed by atoms with van der Waals surface area (Å²) in [6.45, 7) is 2.88. The van der Waals surface area contributed by atoms with E-state index in [9.17, 15) is 0 Å². The Bertz CT molecular complexity index is 718. The summed E-state index contributed by atoms with van der Waals surface area (Å²) in [6, 6.07) is 7.90. The molecule has 0 aliphatic carbocycles. The Labute approximate surface area is 126 Å². The molecule has 0 radical (unpaired) electrons. The number of aromatic nitrogens is 4. The van der Waals surface area contributed by atoms with Crippen LogP contribution in [0, 0.1) is 0 Å². The molecular weight excluding hydrogens is 295 g/mol. The first-order chi connectivity index (χ1) is 9.70. The van der Waals surface area contributed by atoms with Crippen LogP contribution in [0.3, 0.4) is 0 Å². The summed E-state index contributed by atoms with van der Waals surface area (Å²) in [5.41, 5.74) is 1.81. The first-order valence-electron chi connectivity index (χ1n) is 6.39. The molecule has 2 aromatic heterocycles. The molecule has 0 N–H and O–H groups in total. The Morgan fingerprint density at radius 3 is 2.85 bits per heavy atom. The highest BCUT2D eigenvalue weighted by atomic mass is 35.5. The molecule has 4 nitrogen and oxygen atoms in total. The molecule has 2 heterocycles. The van der Waals surface area contributed by atoms with Crippen molar-refractivity contribution in [1.82, 2.24) is 19.3 Å². The molecule has 0 aliphatic heterocycles. The highest BCUT2D eigenvalue weighted by Crippen LogP contribution is 2.28. The Kier molecular flexibility index (Phi) is 3.68. The largest absolute Gasteiger partial charge is 0.322 e. The van der Waals surface area contributed by atoms with Crippen LogP contribution in [0.4, 0.5) is 0 Å². The molecule has 0 bridgehead atoms. The van der Waals surface area contributed by atoms with E-state index in [-0.39, 0.29) is 6.04 Å². The van der Waals surface area contributed by atoms with E-state index >= 15 is 0 Å². The molecule has 0 spiro atoms. The number of alkyl halides is 1. The minimum absolute atomic E-state index is 0.187. The Morgan fingerprint density at radius 1 is 1.30 bits per heavy atom. The van der Waals surface area contributed by atoms with E-state index in [0.29, 0.717) is 10.9 Å². The normalized spacial score (nSPS) is 12.9. The van der Waals surface area contributed by atoms with Crippen molar-refractivity contribution in [3.05, 3.63) is 47.5 Å². The molecule has 6 heteroatoms. The third kappa shape index (κ3) is 2.30. The van der Waals surface area contributed by atoms with Gasteiger partial charge in [0, 0.05) is 12.4 Å².